The van der Waals surface area contributed by atoms with Crippen LogP contribution in [0.25, 0.3) is 21.6 Å². The molecule has 0 saturated carbocycles. The fourth-order valence-electron chi connectivity index (χ4n) is 5.51. The second kappa shape index (κ2) is 16.7. The van der Waals surface area contributed by atoms with Crippen molar-refractivity contribution in [3.05, 3.63) is 40.8 Å². The van der Waals surface area contributed by atoms with Crippen LogP contribution in [-0.2, 0) is 22.1 Å². The molecule has 0 aliphatic heterocycles. The number of benzene rings is 1. The third kappa shape index (κ3) is 12.1. The van der Waals surface area contributed by atoms with Crippen LogP contribution in [0.4, 0.5) is 13.2 Å². The zero-order valence-electron chi connectivity index (χ0n) is 29.0. The van der Waals surface area contributed by atoms with Gasteiger partial charge in [0.25, 0.3) is 0 Å². The first-order valence-electron chi connectivity index (χ1n) is 16.8. The summed E-state index contributed by atoms with van der Waals surface area (Å²) in [4.78, 5) is 13.6. The molecular formula is C37H53F3O6S. The van der Waals surface area contributed by atoms with E-state index in [-0.39, 0.29) is 46.6 Å². The van der Waals surface area contributed by atoms with E-state index in [2.05, 4.69) is 27.7 Å². The van der Waals surface area contributed by atoms with Gasteiger partial charge in [-0.3, -0.25) is 4.79 Å². The molecule has 3 rings (SSSR count). The van der Waals surface area contributed by atoms with E-state index in [1.54, 1.807) is 24.3 Å². The summed E-state index contributed by atoms with van der Waals surface area (Å²) in [6, 6.07) is 8.01. The lowest BCUT2D eigenvalue weighted by Gasteiger charge is -2.33. The second-order valence-corrected chi connectivity index (χ2v) is 16.0. The van der Waals surface area contributed by atoms with Gasteiger partial charge >= 0.3 is 12.1 Å². The monoisotopic (exact) mass is 682 g/mol. The molecule has 264 valence electrons. The number of aliphatic hydroxyl groups is 2. The number of aryl methyl sites for hydroxylation is 1. The molecule has 2 aromatic heterocycles. The predicted molar refractivity (Wildman–Crippen MR) is 182 cm³/mol. The van der Waals surface area contributed by atoms with Gasteiger partial charge in [-0.25, -0.2) is 0 Å². The molecule has 2 heterocycles. The van der Waals surface area contributed by atoms with Gasteiger partial charge in [-0.1, -0.05) is 61.3 Å². The third-order valence-corrected chi connectivity index (χ3v) is 9.43. The Morgan fingerprint density at radius 3 is 2.17 bits per heavy atom. The zero-order chi connectivity index (χ0) is 35.0. The summed E-state index contributed by atoms with van der Waals surface area (Å²) in [5.74, 6) is 0.220. The zero-order valence-corrected chi connectivity index (χ0v) is 29.8. The largest absolute Gasteiger partial charge is 0.493 e. The van der Waals surface area contributed by atoms with Crippen molar-refractivity contribution in [3.8, 4) is 16.4 Å². The minimum atomic E-state index is -4.48. The van der Waals surface area contributed by atoms with E-state index in [1.165, 1.54) is 6.07 Å². The van der Waals surface area contributed by atoms with E-state index in [4.69, 9.17) is 13.9 Å². The molecule has 0 saturated heterocycles. The lowest BCUT2D eigenvalue weighted by atomic mass is 9.72. The van der Waals surface area contributed by atoms with Crippen LogP contribution in [0, 0.1) is 16.7 Å². The van der Waals surface area contributed by atoms with Crippen LogP contribution in [0.3, 0.4) is 0 Å². The Balaban J connectivity index is 1.47. The Morgan fingerprint density at radius 1 is 0.915 bits per heavy atom. The second-order valence-electron chi connectivity index (χ2n) is 14.8. The summed E-state index contributed by atoms with van der Waals surface area (Å²) >= 11 is 1.13. The van der Waals surface area contributed by atoms with Crippen LogP contribution in [-0.4, -0.2) is 41.6 Å². The highest BCUT2D eigenvalue weighted by Gasteiger charge is 2.37. The van der Waals surface area contributed by atoms with Crippen molar-refractivity contribution in [3.63, 3.8) is 0 Å². The van der Waals surface area contributed by atoms with Crippen LogP contribution in [0.15, 0.2) is 34.7 Å². The van der Waals surface area contributed by atoms with Crippen molar-refractivity contribution < 1.29 is 42.1 Å². The number of ether oxygens (including phenoxy) is 2. The number of alkyl halides is 3. The number of fused-ring (bicyclic) bond motifs is 1. The van der Waals surface area contributed by atoms with E-state index in [0.29, 0.717) is 60.1 Å². The van der Waals surface area contributed by atoms with Gasteiger partial charge in [0.05, 0.1) is 41.8 Å². The molecule has 1 aromatic carbocycles. The number of thiophene rings is 1. The average Bonchev–Trinajstić information content (AvgIpc) is 3.59. The number of furan rings is 1. The molecule has 0 bridgehead atoms. The molecule has 2 N–H and O–H groups in total. The van der Waals surface area contributed by atoms with Gasteiger partial charge in [-0.15, -0.1) is 11.3 Å². The van der Waals surface area contributed by atoms with Crippen molar-refractivity contribution in [1.82, 2.24) is 0 Å². The predicted octanol–water partition coefficient (Wildman–Crippen LogP) is 10.2. The summed E-state index contributed by atoms with van der Waals surface area (Å²) in [5, 5.41) is 21.5. The van der Waals surface area contributed by atoms with E-state index < -0.39 is 23.9 Å². The number of hydrogen-bond acceptors (Lipinski definition) is 7. The first kappa shape index (κ1) is 38.9. The molecule has 3 unspecified atom stereocenters. The fourth-order valence-corrected chi connectivity index (χ4v) is 6.68. The van der Waals surface area contributed by atoms with Crippen molar-refractivity contribution in [2.24, 2.45) is 16.7 Å². The normalized spacial score (nSPS) is 14.7. The van der Waals surface area contributed by atoms with Gasteiger partial charge in [0, 0.05) is 16.3 Å². The molecule has 6 nitrogen and oxygen atoms in total. The van der Waals surface area contributed by atoms with E-state index in [0.717, 1.165) is 30.6 Å². The molecule has 3 atom stereocenters. The quantitative estimate of drug-likeness (QED) is 0.109. The highest BCUT2D eigenvalue weighted by molar-refractivity contribution is 7.15. The highest BCUT2D eigenvalue weighted by Crippen LogP contribution is 2.44. The first-order chi connectivity index (χ1) is 21.9. The van der Waals surface area contributed by atoms with Crippen molar-refractivity contribution in [2.45, 2.75) is 125 Å². The Hall–Kier alpha value is -2.56. The Kier molecular flexibility index (Phi) is 13.8. The van der Waals surface area contributed by atoms with Crippen molar-refractivity contribution in [2.75, 3.05) is 13.2 Å². The summed E-state index contributed by atoms with van der Waals surface area (Å²) in [7, 11) is 0. The van der Waals surface area contributed by atoms with Crippen molar-refractivity contribution >= 4 is 28.3 Å². The minimum absolute atomic E-state index is 0.0115. The van der Waals surface area contributed by atoms with Gasteiger partial charge in [-0.2, -0.15) is 13.2 Å². The lowest BCUT2D eigenvalue weighted by molar-refractivity contribution is -0.154. The Labute approximate surface area is 281 Å². The topological polar surface area (TPSA) is 89.1 Å². The van der Waals surface area contributed by atoms with Gasteiger partial charge in [-0.05, 0) is 80.0 Å². The van der Waals surface area contributed by atoms with Gasteiger partial charge in [0.2, 0.25) is 0 Å². The van der Waals surface area contributed by atoms with Gasteiger partial charge in [0.1, 0.15) is 17.1 Å². The molecular weight excluding hydrogens is 629 g/mol. The number of esters is 1. The highest BCUT2D eigenvalue weighted by atomic mass is 32.1. The maximum atomic E-state index is 13.8. The van der Waals surface area contributed by atoms with Gasteiger partial charge < -0.3 is 24.1 Å². The molecule has 0 aliphatic rings. The lowest BCUT2D eigenvalue weighted by Crippen LogP contribution is -2.34. The number of aliphatic hydroxyl groups excluding tert-OH is 2. The average molecular weight is 683 g/mol. The maximum absolute atomic E-state index is 13.8. The first-order valence-corrected chi connectivity index (χ1v) is 17.6. The molecule has 47 heavy (non-hydrogen) atoms. The molecule has 0 radical (unpaired) electrons. The number of unbranched alkanes of at least 4 members (excludes halogenated alkanes) is 2. The number of carbonyl (C=O) groups is 1. The molecule has 0 fully saturated rings. The molecule has 0 aliphatic carbocycles. The van der Waals surface area contributed by atoms with Crippen LogP contribution < -0.4 is 4.74 Å². The third-order valence-electron chi connectivity index (χ3n) is 8.22. The number of hydrogen-bond donors (Lipinski definition) is 2. The summed E-state index contributed by atoms with van der Waals surface area (Å²) < 4.78 is 58.8. The number of rotatable bonds is 17. The molecule has 0 amide bonds. The minimum Gasteiger partial charge on any atom is -0.493 e. The Morgan fingerprint density at radius 2 is 1.57 bits per heavy atom. The van der Waals surface area contributed by atoms with Crippen LogP contribution in [0.5, 0.6) is 5.75 Å². The van der Waals surface area contributed by atoms with Crippen LogP contribution in [0.1, 0.15) is 110 Å². The summed E-state index contributed by atoms with van der Waals surface area (Å²) in [6.45, 7) is 14.9. The number of carbonyl (C=O) groups excluding carboxylic acids is 1. The van der Waals surface area contributed by atoms with E-state index in [9.17, 15) is 28.2 Å². The molecule has 0 spiro atoms. The smallest absolute Gasteiger partial charge is 0.417 e. The van der Waals surface area contributed by atoms with E-state index in [1.807, 2.05) is 20.8 Å². The number of halogens is 3. The van der Waals surface area contributed by atoms with Gasteiger partial charge in [0.15, 0.2) is 0 Å². The summed E-state index contributed by atoms with van der Waals surface area (Å²) in [6.07, 6.45) is -0.727. The van der Waals surface area contributed by atoms with E-state index >= 15 is 0 Å². The summed E-state index contributed by atoms with van der Waals surface area (Å²) in [5.41, 5.74) is -0.480. The maximum Gasteiger partial charge on any atom is 0.417 e. The molecule has 3 aromatic rings. The van der Waals surface area contributed by atoms with Crippen LogP contribution in [0.2, 0.25) is 0 Å². The standard InChI is InChI=1S/C37H53F3O6S/c1-8-9-10-13-26-22-27(37(38,39)40)33(47-26)32-20-24-16-17-25(21-31(24)46-32)44-18-11-14-29(41)30(42)15-12-19-45-34(43)28(36(5,6)7)23-35(2,3)4/h16-17,20-22,28-30,41-42H,8-15,18-19,23H2,1-7H3. The fraction of sp³-hybridized carbons (Fsp3) is 0.649. The van der Waals surface area contributed by atoms with Crippen LogP contribution >= 0.6 is 11.3 Å². The SMILES string of the molecule is CCCCCc1cc(C(F)(F)F)c(-c2cc3ccc(OCCCC(O)C(O)CCCOC(=O)C(CC(C)(C)C)C(C)(C)C)cc3o2)s1. The van der Waals surface area contributed by atoms with Crippen molar-refractivity contribution in [1.29, 1.82) is 0 Å². The Bertz CT molecular complexity index is 1410. The molecule has 10 heteroatoms.